The molecule has 0 heterocycles. The molecule has 0 aliphatic heterocycles. The van der Waals surface area contributed by atoms with Gasteiger partial charge in [0, 0.05) is 29.3 Å². The summed E-state index contributed by atoms with van der Waals surface area (Å²) in [6, 6.07) is 6.36. The molecule has 0 saturated heterocycles. The van der Waals surface area contributed by atoms with Crippen LogP contribution in [0.5, 0.6) is 5.75 Å². The second-order valence-corrected chi connectivity index (χ2v) is 4.95. The summed E-state index contributed by atoms with van der Waals surface area (Å²) in [5.74, 6) is -2.03. The summed E-state index contributed by atoms with van der Waals surface area (Å²) in [4.78, 5) is 0. The van der Waals surface area contributed by atoms with Crippen LogP contribution in [0.2, 0.25) is 0 Å². The van der Waals surface area contributed by atoms with Crippen LogP contribution in [-0.2, 0) is 0 Å². The normalized spacial score (nSPS) is 14.0. The largest absolute Gasteiger partial charge is 0.508 e. The van der Waals surface area contributed by atoms with Crippen LogP contribution in [-0.4, -0.2) is 5.11 Å². The van der Waals surface area contributed by atoms with E-state index in [0.717, 1.165) is 6.07 Å². The molecule has 2 rings (SSSR count). The minimum absolute atomic E-state index is 0.0801. The van der Waals surface area contributed by atoms with E-state index in [0.29, 0.717) is 5.56 Å². The van der Waals surface area contributed by atoms with Crippen molar-refractivity contribution in [2.24, 2.45) is 0 Å². The van der Waals surface area contributed by atoms with Gasteiger partial charge in [-0.1, -0.05) is 12.1 Å². The molecule has 2 unspecified atom stereocenters. The molecular formula is C16H16F3NO. The third-order valence-corrected chi connectivity index (χ3v) is 3.38. The van der Waals surface area contributed by atoms with Crippen LogP contribution in [0.25, 0.3) is 0 Å². The van der Waals surface area contributed by atoms with Crippen molar-refractivity contribution in [3.63, 3.8) is 0 Å². The zero-order chi connectivity index (χ0) is 15.6. The maximum Gasteiger partial charge on any atom is 0.131 e. The van der Waals surface area contributed by atoms with Crippen molar-refractivity contribution in [1.82, 2.24) is 5.32 Å². The van der Waals surface area contributed by atoms with Crippen LogP contribution in [0.4, 0.5) is 13.2 Å². The highest BCUT2D eigenvalue weighted by Gasteiger charge is 2.19. The summed E-state index contributed by atoms with van der Waals surface area (Å²) in [6.45, 7) is 3.29. The standard InChI is InChI=1S/C16H16F3NO/c1-9(12-7-6-11(21)8-15(12)19)20-10(2)16-13(17)4-3-5-14(16)18/h3-10,20-21H,1-2H3. The molecule has 0 fully saturated rings. The van der Waals surface area contributed by atoms with Gasteiger partial charge in [0.2, 0.25) is 0 Å². The molecule has 0 aliphatic carbocycles. The van der Waals surface area contributed by atoms with E-state index in [4.69, 9.17) is 0 Å². The van der Waals surface area contributed by atoms with Crippen LogP contribution < -0.4 is 5.32 Å². The van der Waals surface area contributed by atoms with Crippen molar-refractivity contribution in [2.75, 3.05) is 0 Å². The van der Waals surface area contributed by atoms with Gasteiger partial charge in [0.25, 0.3) is 0 Å². The highest BCUT2D eigenvalue weighted by atomic mass is 19.1. The van der Waals surface area contributed by atoms with Gasteiger partial charge in [0.05, 0.1) is 0 Å². The van der Waals surface area contributed by atoms with Crippen molar-refractivity contribution >= 4 is 0 Å². The Morgan fingerprint density at radius 1 is 0.905 bits per heavy atom. The fraction of sp³-hybridized carbons (Fsp3) is 0.250. The molecule has 0 aliphatic rings. The highest BCUT2D eigenvalue weighted by molar-refractivity contribution is 5.30. The molecule has 2 aromatic carbocycles. The molecule has 0 saturated carbocycles. The smallest absolute Gasteiger partial charge is 0.131 e. The van der Waals surface area contributed by atoms with Crippen molar-refractivity contribution in [2.45, 2.75) is 25.9 Å². The van der Waals surface area contributed by atoms with Crippen LogP contribution in [0.1, 0.15) is 37.1 Å². The average molecular weight is 295 g/mol. The SMILES string of the molecule is CC(NC(C)c1c(F)cccc1F)c1ccc(O)cc1F. The molecule has 2 aromatic rings. The number of benzene rings is 2. The molecule has 0 aromatic heterocycles. The zero-order valence-electron chi connectivity index (χ0n) is 11.7. The summed E-state index contributed by atoms with van der Waals surface area (Å²) < 4.78 is 41.2. The fourth-order valence-electron chi connectivity index (χ4n) is 2.34. The Morgan fingerprint density at radius 3 is 2.10 bits per heavy atom. The number of rotatable bonds is 4. The van der Waals surface area contributed by atoms with Gasteiger partial charge >= 0.3 is 0 Å². The summed E-state index contributed by atoms with van der Waals surface area (Å²) in [5, 5.41) is 12.1. The fourth-order valence-corrected chi connectivity index (χ4v) is 2.34. The summed E-state index contributed by atoms with van der Waals surface area (Å²) in [6.07, 6.45) is 0. The molecule has 5 heteroatoms. The Morgan fingerprint density at radius 2 is 1.52 bits per heavy atom. The lowest BCUT2D eigenvalue weighted by atomic mass is 10.0. The number of hydrogen-bond donors (Lipinski definition) is 2. The lowest BCUT2D eigenvalue weighted by Gasteiger charge is -2.22. The van der Waals surface area contributed by atoms with Gasteiger partial charge in [0.15, 0.2) is 0 Å². The van der Waals surface area contributed by atoms with Gasteiger partial charge in [-0.25, -0.2) is 13.2 Å². The quantitative estimate of drug-likeness (QED) is 0.885. The van der Waals surface area contributed by atoms with E-state index < -0.39 is 29.5 Å². The van der Waals surface area contributed by atoms with Crippen molar-refractivity contribution in [3.05, 3.63) is 65.0 Å². The number of halogens is 3. The van der Waals surface area contributed by atoms with Crippen molar-refractivity contribution in [3.8, 4) is 5.75 Å². The van der Waals surface area contributed by atoms with E-state index >= 15 is 0 Å². The Bertz CT molecular complexity index is 625. The molecule has 0 bridgehead atoms. The molecule has 21 heavy (non-hydrogen) atoms. The number of nitrogens with one attached hydrogen (secondary N) is 1. The first-order chi connectivity index (χ1) is 9.90. The minimum atomic E-state index is -0.645. The highest BCUT2D eigenvalue weighted by Crippen LogP contribution is 2.26. The van der Waals surface area contributed by atoms with Gasteiger partial charge in [0.1, 0.15) is 23.2 Å². The lowest BCUT2D eigenvalue weighted by Crippen LogP contribution is -2.24. The van der Waals surface area contributed by atoms with Gasteiger partial charge in [-0.3, -0.25) is 0 Å². The van der Waals surface area contributed by atoms with E-state index in [1.54, 1.807) is 13.8 Å². The van der Waals surface area contributed by atoms with Crippen molar-refractivity contribution in [1.29, 1.82) is 0 Å². The average Bonchev–Trinajstić information content (AvgIpc) is 2.37. The Kier molecular flexibility index (Phi) is 4.53. The lowest BCUT2D eigenvalue weighted by molar-refractivity contribution is 0.435. The van der Waals surface area contributed by atoms with Gasteiger partial charge in [-0.2, -0.15) is 0 Å². The maximum atomic E-state index is 13.8. The predicted molar refractivity (Wildman–Crippen MR) is 74.4 cm³/mol. The third kappa shape index (κ3) is 3.36. The van der Waals surface area contributed by atoms with Gasteiger partial charge < -0.3 is 10.4 Å². The second kappa shape index (κ2) is 6.18. The molecular weight excluding hydrogens is 279 g/mol. The number of aromatic hydroxyl groups is 1. The zero-order valence-corrected chi connectivity index (χ0v) is 11.7. The first kappa shape index (κ1) is 15.4. The first-order valence-electron chi connectivity index (χ1n) is 6.58. The maximum absolute atomic E-state index is 13.8. The minimum Gasteiger partial charge on any atom is -0.508 e. The number of phenols is 1. The van der Waals surface area contributed by atoms with Gasteiger partial charge in [-0.05, 0) is 32.0 Å². The molecule has 2 nitrogen and oxygen atoms in total. The summed E-state index contributed by atoms with van der Waals surface area (Å²) >= 11 is 0. The predicted octanol–water partition coefficient (Wildman–Crippen LogP) is 4.22. The van der Waals surface area contributed by atoms with E-state index in [9.17, 15) is 18.3 Å². The summed E-state index contributed by atoms with van der Waals surface area (Å²) in [7, 11) is 0. The molecule has 0 spiro atoms. The monoisotopic (exact) mass is 295 g/mol. The second-order valence-electron chi connectivity index (χ2n) is 4.95. The molecule has 112 valence electrons. The number of phenolic OH excluding ortho intramolecular Hbond substituents is 1. The van der Waals surface area contributed by atoms with E-state index in [-0.39, 0.29) is 11.3 Å². The van der Waals surface area contributed by atoms with Crippen LogP contribution in [0, 0.1) is 17.5 Å². The van der Waals surface area contributed by atoms with E-state index in [1.165, 1.54) is 30.3 Å². The topological polar surface area (TPSA) is 32.3 Å². The number of hydrogen-bond acceptors (Lipinski definition) is 2. The van der Waals surface area contributed by atoms with E-state index in [1.807, 2.05) is 0 Å². The van der Waals surface area contributed by atoms with Crippen molar-refractivity contribution < 1.29 is 18.3 Å². The molecule has 0 amide bonds. The Hall–Kier alpha value is -2.01. The Labute approximate surface area is 121 Å². The Balaban J connectivity index is 2.21. The van der Waals surface area contributed by atoms with E-state index in [2.05, 4.69) is 5.32 Å². The third-order valence-electron chi connectivity index (χ3n) is 3.38. The first-order valence-corrected chi connectivity index (χ1v) is 6.58. The molecule has 2 N–H and O–H groups in total. The summed E-state index contributed by atoms with van der Waals surface area (Å²) in [5.41, 5.74) is 0.236. The van der Waals surface area contributed by atoms with Crippen LogP contribution in [0.3, 0.4) is 0 Å². The van der Waals surface area contributed by atoms with Gasteiger partial charge in [-0.15, -0.1) is 0 Å². The van der Waals surface area contributed by atoms with Crippen LogP contribution >= 0.6 is 0 Å². The molecule has 0 radical (unpaired) electrons. The molecule has 2 atom stereocenters. The van der Waals surface area contributed by atoms with Crippen LogP contribution in [0.15, 0.2) is 36.4 Å².